The Kier molecular flexibility index (Phi) is 10.0. The Bertz CT molecular complexity index is 829. The van der Waals surface area contributed by atoms with E-state index in [2.05, 4.69) is 5.32 Å². The van der Waals surface area contributed by atoms with Gasteiger partial charge in [0.15, 0.2) is 0 Å². The van der Waals surface area contributed by atoms with Crippen LogP contribution in [0.1, 0.15) is 31.4 Å². The van der Waals surface area contributed by atoms with Crippen LogP contribution in [0.3, 0.4) is 0 Å². The highest BCUT2D eigenvalue weighted by Gasteiger charge is 2.26. The first-order valence-corrected chi connectivity index (χ1v) is 11.5. The number of rotatable bonds is 11. The summed E-state index contributed by atoms with van der Waals surface area (Å²) in [5.74, 6) is 1.54. The number of nitrogens with zero attached hydrogens (tertiary/aromatic N) is 1. The van der Waals surface area contributed by atoms with Crippen LogP contribution in [0.2, 0.25) is 5.02 Å². The van der Waals surface area contributed by atoms with E-state index >= 15 is 0 Å². The molecule has 162 valence electrons. The first-order valence-electron chi connectivity index (χ1n) is 9.97. The topological polar surface area (TPSA) is 58.6 Å². The number of benzene rings is 2. The molecular formula is C23H29ClN2O3S. The maximum Gasteiger partial charge on any atom is 0.242 e. The number of hydrogen-bond donors (Lipinski definition) is 1. The van der Waals surface area contributed by atoms with Gasteiger partial charge in [0.25, 0.3) is 0 Å². The molecule has 30 heavy (non-hydrogen) atoms. The standard InChI is InChI=1S/C23H29ClN2O3S/c1-4-13-25-23(28)17(2)26(14-19-7-5-6-8-21(19)24)22(27)16-30-15-18-9-11-20(29-3)12-10-18/h5-12,17H,4,13-16H2,1-3H3,(H,25,28). The lowest BCUT2D eigenvalue weighted by Crippen LogP contribution is -2.48. The first kappa shape index (κ1) is 24.1. The third-order valence-corrected chi connectivity index (χ3v) is 6.03. The summed E-state index contributed by atoms with van der Waals surface area (Å²) in [6.07, 6.45) is 0.842. The second-order valence-electron chi connectivity index (χ2n) is 6.92. The van der Waals surface area contributed by atoms with Crippen molar-refractivity contribution < 1.29 is 14.3 Å². The summed E-state index contributed by atoms with van der Waals surface area (Å²) in [6, 6.07) is 14.6. The predicted molar refractivity (Wildman–Crippen MR) is 124 cm³/mol. The fraction of sp³-hybridized carbons (Fsp3) is 0.391. The van der Waals surface area contributed by atoms with Crippen molar-refractivity contribution in [2.24, 2.45) is 0 Å². The smallest absolute Gasteiger partial charge is 0.242 e. The summed E-state index contributed by atoms with van der Waals surface area (Å²) in [5, 5.41) is 3.46. The number of thioether (sulfide) groups is 1. The largest absolute Gasteiger partial charge is 0.497 e. The maximum atomic E-state index is 13.0. The number of nitrogens with one attached hydrogen (secondary N) is 1. The summed E-state index contributed by atoms with van der Waals surface area (Å²) >= 11 is 7.82. The second-order valence-corrected chi connectivity index (χ2v) is 8.31. The Morgan fingerprint density at radius 2 is 1.87 bits per heavy atom. The summed E-state index contributed by atoms with van der Waals surface area (Å²) in [6.45, 7) is 4.63. The van der Waals surface area contributed by atoms with Crippen LogP contribution in [-0.4, -0.2) is 42.2 Å². The molecule has 1 atom stereocenters. The normalized spacial score (nSPS) is 11.6. The zero-order valence-electron chi connectivity index (χ0n) is 17.7. The number of hydrogen-bond acceptors (Lipinski definition) is 4. The number of methoxy groups -OCH3 is 1. The highest BCUT2D eigenvalue weighted by molar-refractivity contribution is 7.99. The second kappa shape index (κ2) is 12.5. The van der Waals surface area contributed by atoms with E-state index in [0.29, 0.717) is 23.9 Å². The van der Waals surface area contributed by atoms with Gasteiger partial charge in [0.2, 0.25) is 11.8 Å². The third kappa shape index (κ3) is 7.26. The molecule has 2 rings (SSSR count). The number of halogens is 1. The monoisotopic (exact) mass is 448 g/mol. The predicted octanol–water partition coefficient (Wildman–Crippen LogP) is 4.53. The highest BCUT2D eigenvalue weighted by atomic mass is 35.5. The summed E-state index contributed by atoms with van der Waals surface area (Å²) in [4.78, 5) is 27.2. The maximum absolute atomic E-state index is 13.0. The van der Waals surface area contributed by atoms with E-state index in [1.54, 1.807) is 25.0 Å². The number of ether oxygens (including phenoxy) is 1. The van der Waals surface area contributed by atoms with Gasteiger partial charge < -0.3 is 15.0 Å². The van der Waals surface area contributed by atoms with E-state index in [4.69, 9.17) is 16.3 Å². The van der Waals surface area contributed by atoms with E-state index in [-0.39, 0.29) is 17.6 Å². The molecule has 5 nitrogen and oxygen atoms in total. The van der Waals surface area contributed by atoms with Crippen LogP contribution in [0.4, 0.5) is 0 Å². The Balaban J connectivity index is 2.04. The molecule has 7 heteroatoms. The van der Waals surface area contributed by atoms with Crippen LogP contribution < -0.4 is 10.1 Å². The van der Waals surface area contributed by atoms with E-state index < -0.39 is 6.04 Å². The van der Waals surface area contributed by atoms with Crippen molar-refractivity contribution in [3.8, 4) is 5.75 Å². The lowest BCUT2D eigenvalue weighted by Gasteiger charge is -2.29. The molecule has 0 aromatic heterocycles. The minimum Gasteiger partial charge on any atom is -0.497 e. The summed E-state index contributed by atoms with van der Waals surface area (Å²) < 4.78 is 5.17. The minimum absolute atomic E-state index is 0.0902. The highest BCUT2D eigenvalue weighted by Crippen LogP contribution is 2.21. The molecule has 0 fully saturated rings. The Morgan fingerprint density at radius 1 is 1.17 bits per heavy atom. The minimum atomic E-state index is -0.582. The van der Waals surface area contributed by atoms with Gasteiger partial charge in [0, 0.05) is 23.9 Å². The molecular weight excluding hydrogens is 420 g/mol. The third-order valence-electron chi connectivity index (χ3n) is 4.67. The van der Waals surface area contributed by atoms with Gasteiger partial charge in [-0.05, 0) is 42.7 Å². The molecule has 2 aromatic rings. The molecule has 0 aliphatic heterocycles. The van der Waals surface area contributed by atoms with Gasteiger partial charge >= 0.3 is 0 Å². The zero-order chi connectivity index (χ0) is 21.9. The molecule has 0 radical (unpaired) electrons. The SMILES string of the molecule is CCCNC(=O)C(C)N(Cc1ccccc1Cl)C(=O)CSCc1ccc(OC)cc1. The van der Waals surface area contributed by atoms with E-state index in [0.717, 1.165) is 23.3 Å². The van der Waals surface area contributed by atoms with Crippen LogP contribution in [0.15, 0.2) is 48.5 Å². The zero-order valence-corrected chi connectivity index (χ0v) is 19.3. The summed E-state index contributed by atoms with van der Waals surface area (Å²) in [5.41, 5.74) is 1.93. The fourth-order valence-electron chi connectivity index (χ4n) is 2.85. The molecule has 0 heterocycles. The van der Waals surface area contributed by atoms with Crippen molar-refractivity contribution in [1.29, 1.82) is 0 Å². The van der Waals surface area contributed by atoms with Crippen molar-refractivity contribution in [3.63, 3.8) is 0 Å². The fourth-order valence-corrected chi connectivity index (χ4v) is 3.92. The average molecular weight is 449 g/mol. The van der Waals surface area contributed by atoms with Crippen LogP contribution in [0, 0.1) is 0 Å². The van der Waals surface area contributed by atoms with Crippen molar-refractivity contribution >= 4 is 35.2 Å². The molecule has 0 aliphatic carbocycles. The van der Waals surface area contributed by atoms with Gasteiger partial charge in [-0.1, -0.05) is 48.9 Å². The molecule has 0 bridgehead atoms. The Morgan fingerprint density at radius 3 is 2.50 bits per heavy atom. The van der Waals surface area contributed by atoms with Crippen LogP contribution in [0.25, 0.3) is 0 Å². The molecule has 2 aromatic carbocycles. The lowest BCUT2D eigenvalue weighted by molar-refractivity contribution is -0.138. The number of amides is 2. The number of carbonyl (C=O) groups is 2. The number of carbonyl (C=O) groups excluding carboxylic acids is 2. The lowest BCUT2D eigenvalue weighted by atomic mass is 10.1. The van der Waals surface area contributed by atoms with Crippen molar-refractivity contribution in [2.75, 3.05) is 19.4 Å². The van der Waals surface area contributed by atoms with Gasteiger partial charge in [-0.25, -0.2) is 0 Å². The Labute approximate surface area is 188 Å². The van der Waals surface area contributed by atoms with E-state index in [1.807, 2.05) is 49.4 Å². The van der Waals surface area contributed by atoms with Crippen LogP contribution in [-0.2, 0) is 21.9 Å². The molecule has 0 spiro atoms. The van der Waals surface area contributed by atoms with Gasteiger partial charge in [-0.2, -0.15) is 0 Å². The van der Waals surface area contributed by atoms with Crippen LogP contribution >= 0.6 is 23.4 Å². The molecule has 0 saturated heterocycles. The average Bonchev–Trinajstić information content (AvgIpc) is 2.76. The van der Waals surface area contributed by atoms with Gasteiger partial charge in [0.05, 0.1) is 12.9 Å². The molecule has 2 amide bonds. The summed E-state index contributed by atoms with van der Waals surface area (Å²) in [7, 11) is 1.63. The molecule has 1 unspecified atom stereocenters. The Hall–Kier alpha value is -2.18. The van der Waals surface area contributed by atoms with E-state index in [1.165, 1.54) is 11.8 Å². The van der Waals surface area contributed by atoms with Crippen LogP contribution in [0.5, 0.6) is 5.75 Å². The van der Waals surface area contributed by atoms with Crippen molar-refractivity contribution in [2.45, 2.75) is 38.6 Å². The van der Waals surface area contributed by atoms with Crippen molar-refractivity contribution in [3.05, 3.63) is 64.7 Å². The molecule has 0 saturated carbocycles. The molecule has 0 aliphatic rings. The van der Waals surface area contributed by atoms with Gasteiger partial charge in [0.1, 0.15) is 11.8 Å². The van der Waals surface area contributed by atoms with Gasteiger partial charge in [-0.15, -0.1) is 11.8 Å². The van der Waals surface area contributed by atoms with Gasteiger partial charge in [-0.3, -0.25) is 9.59 Å². The quantitative estimate of drug-likeness (QED) is 0.548. The first-order chi connectivity index (χ1) is 14.5. The van der Waals surface area contributed by atoms with Crippen molar-refractivity contribution in [1.82, 2.24) is 10.2 Å². The van der Waals surface area contributed by atoms with E-state index in [9.17, 15) is 9.59 Å². The molecule has 1 N–H and O–H groups in total.